The summed E-state index contributed by atoms with van der Waals surface area (Å²) in [5.41, 5.74) is 3.42. The number of hydrogen-bond acceptors (Lipinski definition) is 4. The molecule has 24 heavy (non-hydrogen) atoms. The molecule has 126 valence electrons. The summed E-state index contributed by atoms with van der Waals surface area (Å²) in [5, 5.41) is 0. The Balaban J connectivity index is 1.53. The highest BCUT2D eigenvalue weighted by atomic mass is 32.2. The highest BCUT2D eigenvalue weighted by Gasteiger charge is 2.26. The Morgan fingerprint density at radius 2 is 1.83 bits per heavy atom. The number of ether oxygens (including phenoxy) is 2. The maximum atomic E-state index is 12.3. The third-order valence-electron chi connectivity index (χ3n) is 4.48. The average molecular weight is 345 g/mol. The smallest absolute Gasteiger partial charge is 0.240 e. The first-order valence-corrected chi connectivity index (χ1v) is 9.61. The maximum Gasteiger partial charge on any atom is 0.240 e. The van der Waals surface area contributed by atoms with E-state index in [1.54, 1.807) is 30.3 Å². The molecule has 5 nitrogen and oxygen atoms in total. The lowest BCUT2D eigenvalue weighted by atomic mass is 9.97. The van der Waals surface area contributed by atoms with Crippen LogP contribution in [0.1, 0.15) is 16.7 Å². The lowest BCUT2D eigenvalue weighted by molar-refractivity contribution is 0.353. The van der Waals surface area contributed by atoms with E-state index in [-0.39, 0.29) is 4.90 Å². The fraction of sp³-hybridized carbons (Fsp3) is 0.333. The number of benzene rings is 2. The van der Waals surface area contributed by atoms with E-state index >= 15 is 0 Å². The Morgan fingerprint density at radius 1 is 1.04 bits per heavy atom. The summed E-state index contributed by atoms with van der Waals surface area (Å²) in [7, 11) is -3.48. The van der Waals surface area contributed by atoms with Gasteiger partial charge >= 0.3 is 0 Å². The zero-order valence-corrected chi connectivity index (χ0v) is 14.1. The van der Waals surface area contributed by atoms with Crippen molar-refractivity contribution < 1.29 is 17.9 Å². The van der Waals surface area contributed by atoms with Gasteiger partial charge in [0.2, 0.25) is 10.0 Å². The van der Waals surface area contributed by atoms with Crippen molar-refractivity contribution in [1.29, 1.82) is 0 Å². The minimum atomic E-state index is -3.48. The van der Waals surface area contributed by atoms with E-state index in [0.717, 1.165) is 41.0 Å². The molecule has 0 spiro atoms. The summed E-state index contributed by atoms with van der Waals surface area (Å²) in [4.78, 5) is 0.285. The van der Waals surface area contributed by atoms with Crippen molar-refractivity contribution in [3.8, 4) is 11.5 Å². The van der Waals surface area contributed by atoms with Crippen molar-refractivity contribution in [3.05, 3.63) is 53.1 Å². The summed E-state index contributed by atoms with van der Waals surface area (Å²) in [6.45, 7) is 1.70. The number of nitrogens with one attached hydrogen (secondary N) is 1. The monoisotopic (exact) mass is 345 g/mol. The van der Waals surface area contributed by atoms with Crippen LogP contribution >= 0.6 is 0 Å². The molecule has 2 aliphatic rings. The van der Waals surface area contributed by atoms with Crippen molar-refractivity contribution >= 4 is 10.0 Å². The van der Waals surface area contributed by atoms with Crippen LogP contribution in [-0.4, -0.2) is 28.2 Å². The second-order valence-electron chi connectivity index (χ2n) is 5.98. The van der Waals surface area contributed by atoms with Crippen LogP contribution in [0.15, 0.2) is 41.3 Å². The molecule has 0 unspecified atom stereocenters. The molecule has 0 aromatic heterocycles. The second-order valence-corrected chi connectivity index (χ2v) is 7.74. The Hall–Kier alpha value is -2.05. The van der Waals surface area contributed by atoms with Crippen molar-refractivity contribution in [2.75, 3.05) is 19.8 Å². The summed E-state index contributed by atoms with van der Waals surface area (Å²) >= 11 is 0. The van der Waals surface area contributed by atoms with Gasteiger partial charge in [-0.2, -0.15) is 0 Å². The molecule has 2 aromatic carbocycles. The van der Waals surface area contributed by atoms with E-state index in [4.69, 9.17) is 9.47 Å². The largest absolute Gasteiger partial charge is 0.493 e. The lowest BCUT2D eigenvalue weighted by Gasteiger charge is -2.13. The molecular weight excluding hydrogens is 326 g/mol. The highest BCUT2D eigenvalue weighted by molar-refractivity contribution is 7.89. The van der Waals surface area contributed by atoms with Crippen LogP contribution in [0.3, 0.4) is 0 Å². The average Bonchev–Trinajstić information content (AvgIpc) is 3.23. The van der Waals surface area contributed by atoms with Gasteiger partial charge in [0.15, 0.2) is 0 Å². The Bertz CT molecular complexity index is 830. The molecule has 0 saturated heterocycles. The SMILES string of the molecule is O=S(=O)(NCCc1c2c(cc3c1OCC3)OCC2)c1ccccc1. The minimum Gasteiger partial charge on any atom is -0.493 e. The summed E-state index contributed by atoms with van der Waals surface area (Å²) in [5.74, 6) is 1.86. The zero-order valence-electron chi connectivity index (χ0n) is 13.2. The first-order valence-electron chi connectivity index (χ1n) is 8.13. The van der Waals surface area contributed by atoms with Crippen LogP contribution in [0.5, 0.6) is 11.5 Å². The second kappa shape index (κ2) is 6.11. The fourth-order valence-corrected chi connectivity index (χ4v) is 4.40. The molecule has 1 N–H and O–H groups in total. The lowest BCUT2D eigenvalue weighted by Crippen LogP contribution is -2.26. The molecule has 0 bridgehead atoms. The predicted octanol–water partition coefficient (Wildman–Crippen LogP) is 2.08. The van der Waals surface area contributed by atoms with E-state index in [1.807, 2.05) is 0 Å². The minimum absolute atomic E-state index is 0.285. The first-order chi connectivity index (χ1) is 11.6. The van der Waals surface area contributed by atoms with E-state index in [1.165, 1.54) is 0 Å². The molecule has 0 saturated carbocycles. The molecular formula is C18H19NO4S. The summed E-state index contributed by atoms with van der Waals surface area (Å²) < 4.78 is 38.8. The molecule has 0 atom stereocenters. The van der Waals surface area contributed by atoms with Gasteiger partial charge in [0.25, 0.3) is 0 Å². The summed E-state index contributed by atoms with van der Waals surface area (Å²) in [6, 6.07) is 10.5. The number of rotatable bonds is 5. The van der Waals surface area contributed by atoms with Gasteiger partial charge in [-0.1, -0.05) is 18.2 Å². The normalized spacial score (nSPS) is 15.5. The number of fused-ring (bicyclic) bond motifs is 2. The van der Waals surface area contributed by atoms with Crippen LogP contribution < -0.4 is 14.2 Å². The van der Waals surface area contributed by atoms with Gasteiger partial charge < -0.3 is 9.47 Å². The standard InChI is InChI=1S/C18H19NO4S/c20-24(21,14-4-2-1-3-5-14)19-9-6-16-15-8-11-22-17(15)12-13-7-10-23-18(13)16/h1-5,12,19H,6-11H2. The van der Waals surface area contributed by atoms with Crippen LogP contribution in [-0.2, 0) is 29.3 Å². The molecule has 0 amide bonds. The van der Waals surface area contributed by atoms with Crippen LogP contribution in [0.4, 0.5) is 0 Å². The highest BCUT2D eigenvalue weighted by Crippen LogP contribution is 2.40. The molecule has 4 rings (SSSR count). The Kier molecular flexibility index (Phi) is 3.94. The van der Waals surface area contributed by atoms with Gasteiger partial charge in [-0.25, -0.2) is 13.1 Å². The van der Waals surface area contributed by atoms with Crippen molar-refractivity contribution in [3.63, 3.8) is 0 Å². The van der Waals surface area contributed by atoms with Gasteiger partial charge in [-0.05, 0) is 24.6 Å². The number of hydrogen-bond donors (Lipinski definition) is 1. The van der Waals surface area contributed by atoms with Gasteiger partial charge in [0, 0.05) is 36.1 Å². The third kappa shape index (κ3) is 2.76. The topological polar surface area (TPSA) is 64.6 Å². The van der Waals surface area contributed by atoms with Crippen molar-refractivity contribution in [2.45, 2.75) is 24.2 Å². The molecule has 2 heterocycles. The van der Waals surface area contributed by atoms with Crippen molar-refractivity contribution in [2.24, 2.45) is 0 Å². The fourth-order valence-electron chi connectivity index (χ4n) is 3.34. The number of sulfonamides is 1. The molecule has 2 aliphatic heterocycles. The predicted molar refractivity (Wildman–Crippen MR) is 90.2 cm³/mol. The van der Waals surface area contributed by atoms with E-state index in [9.17, 15) is 8.42 Å². The quantitative estimate of drug-likeness (QED) is 0.901. The van der Waals surface area contributed by atoms with E-state index in [0.29, 0.717) is 26.2 Å². The first kappa shape index (κ1) is 15.5. The molecule has 0 radical (unpaired) electrons. The molecule has 6 heteroatoms. The molecule has 0 aliphatic carbocycles. The Labute approximate surface area is 141 Å². The molecule has 0 fully saturated rings. The van der Waals surface area contributed by atoms with Gasteiger partial charge in [-0.15, -0.1) is 0 Å². The van der Waals surface area contributed by atoms with E-state index < -0.39 is 10.0 Å². The van der Waals surface area contributed by atoms with E-state index in [2.05, 4.69) is 10.8 Å². The molecule has 2 aromatic rings. The van der Waals surface area contributed by atoms with Crippen LogP contribution in [0.25, 0.3) is 0 Å². The maximum absolute atomic E-state index is 12.3. The van der Waals surface area contributed by atoms with Gasteiger partial charge in [0.05, 0.1) is 18.1 Å². The Morgan fingerprint density at radius 3 is 2.67 bits per heavy atom. The van der Waals surface area contributed by atoms with Gasteiger partial charge in [0.1, 0.15) is 11.5 Å². The third-order valence-corrected chi connectivity index (χ3v) is 5.96. The van der Waals surface area contributed by atoms with Crippen LogP contribution in [0.2, 0.25) is 0 Å². The summed E-state index contributed by atoms with van der Waals surface area (Å²) in [6.07, 6.45) is 2.34. The zero-order chi connectivity index (χ0) is 16.6. The van der Waals surface area contributed by atoms with Crippen LogP contribution in [0, 0.1) is 0 Å². The van der Waals surface area contributed by atoms with Gasteiger partial charge in [-0.3, -0.25) is 0 Å². The van der Waals surface area contributed by atoms with Crippen molar-refractivity contribution in [1.82, 2.24) is 4.72 Å².